The highest BCUT2D eigenvalue weighted by molar-refractivity contribution is 5.88. The van der Waals surface area contributed by atoms with E-state index in [1.165, 1.54) is 34.7 Å². The zero-order valence-corrected chi connectivity index (χ0v) is 20.5. The Morgan fingerprint density at radius 1 is 0.806 bits per heavy atom. The maximum atomic E-state index is 10.3. The number of rotatable bonds is 11. The van der Waals surface area contributed by atoms with Gasteiger partial charge in [0.2, 0.25) is 0 Å². The van der Waals surface area contributed by atoms with Gasteiger partial charge in [0, 0.05) is 6.04 Å². The van der Waals surface area contributed by atoms with Crippen LogP contribution in [0.1, 0.15) is 42.9 Å². The maximum Gasteiger partial charge on any atom is 0.336 e. The molecule has 0 spiro atoms. The molecule has 36 heavy (non-hydrogen) atoms. The summed E-state index contributed by atoms with van der Waals surface area (Å²) in [4.78, 5) is 32.8. The summed E-state index contributed by atoms with van der Waals surface area (Å²) in [6, 6.07) is 26.8. The van der Waals surface area contributed by atoms with Crippen LogP contribution in [0.2, 0.25) is 0 Å². The van der Waals surface area contributed by atoms with Crippen molar-refractivity contribution in [3.8, 4) is 0 Å². The van der Waals surface area contributed by atoms with Crippen LogP contribution in [0.25, 0.3) is 10.8 Å². The first kappa shape index (κ1) is 28.5. The van der Waals surface area contributed by atoms with Crippen LogP contribution < -0.4 is 0 Å². The maximum absolute atomic E-state index is 10.3. The molecule has 3 aromatic carbocycles. The van der Waals surface area contributed by atoms with Crippen LogP contribution in [0.15, 0.2) is 72.8 Å². The fraction of sp³-hybridized carbons (Fsp3) is 0.321. The van der Waals surface area contributed by atoms with Gasteiger partial charge in [0.1, 0.15) is 0 Å². The number of carboxylic acids is 3. The Hall–Kier alpha value is -3.75. The summed E-state index contributed by atoms with van der Waals surface area (Å²) in [5, 5.41) is 36.5. The first-order chi connectivity index (χ1) is 17.0. The van der Waals surface area contributed by atoms with Crippen molar-refractivity contribution in [1.82, 2.24) is 4.90 Å². The average Bonchev–Trinajstić information content (AvgIpc) is 2.81. The highest BCUT2D eigenvalue weighted by atomic mass is 16.4. The van der Waals surface area contributed by atoms with Crippen molar-refractivity contribution in [3.05, 3.63) is 83.9 Å². The Morgan fingerprint density at radius 3 is 1.89 bits per heavy atom. The molecule has 0 amide bonds. The fourth-order valence-electron chi connectivity index (χ4n) is 4.01. The quantitative estimate of drug-likeness (QED) is 0.311. The molecule has 3 aromatic rings. The van der Waals surface area contributed by atoms with Crippen LogP contribution in [0, 0.1) is 0 Å². The van der Waals surface area contributed by atoms with Crippen molar-refractivity contribution in [2.75, 3.05) is 14.1 Å². The molecular formula is C28H33NO7. The number of aryl methyl sites for hydroxylation is 1. The summed E-state index contributed by atoms with van der Waals surface area (Å²) < 4.78 is 0. The molecule has 1 unspecified atom stereocenters. The lowest BCUT2D eigenvalue weighted by atomic mass is 9.96. The van der Waals surface area contributed by atoms with Gasteiger partial charge in [0.05, 0.1) is 12.8 Å². The first-order valence-corrected chi connectivity index (χ1v) is 11.6. The molecule has 0 saturated carbocycles. The zero-order chi connectivity index (χ0) is 26.7. The number of fused-ring (bicyclic) bond motifs is 1. The Kier molecular flexibility index (Phi) is 10.6. The molecule has 0 aromatic heterocycles. The Morgan fingerprint density at radius 2 is 1.36 bits per heavy atom. The zero-order valence-electron chi connectivity index (χ0n) is 20.5. The highest BCUT2D eigenvalue weighted by Crippen LogP contribution is 2.25. The van der Waals surface area contributed by atoms with Gasteiger partial charge in [-0.1, -0.05) is 72.8 Å². The number of aliphatic hydroxyl groups is 1. The molecule has 8 nitrogen and oxygen atoms in total. The molecule has 0 aliphatic heterocycles. The van der Waals surface area contributed by atoms with Crippen LogP contribution in [-0.2, 0) is 20.8 Å². The van der Waals surface area contributed by atoms with Gasteiger partial charge in [0.25, 0.3) is 0 Å². The standard InChI is InChI=1S/C22H25N.C6H8O7/c1-23(2)22(20-11-4-3-5-12-20)14-8-9-18-15-16-19-10-6-7-13-21(19)17-18;7-3(8)1-6(13,5(11)12)2-4(9)10/h3-7,10-13,15-17,22H,8-9,14H2,1-2H3;13H,1-2H2,(H,7,8)(H,9,10)(H,11,12). The van der Waals surface area contributed by atoms with Crippen molar-refractivity contribution >= 4 is 28.7 Å². The van der Waals surface area contributed by atoms with Crippen LogP contribution in [0.5, 0.6) is 0 Å². The van der Waals surface area contributed by atoms with E-state index in [-0.39, 0.29) is 0 Å². The number of aliphatic carboxylic acids is 3. The molecule has 0 heterocycles. The van der Waals surface area contributed by atoms with Crippen LogP contribution in [-0.4, -0.2) is 62.9 Å². The minimum absolute atomic E-state index is 0.497. The van der Waals surface area contributed by atoms with Crippen LogP contribution in [0.3, 0.4) is 0 Å². The number of hydrogen-bond donors (Lipinski definition) is 4. The van der Waals surface area contributed by atoms with Crippen molar-refractivity contribution < 1.29 is 34.8 Å². The van der Waals surface area contributed by atoms with Crippen LogP contribution in [0.4, 0.5) is 0 Å². The van der Waals surface area contributed by atoms with E-state index in [4.69, 9.17) is 20.4 Å². The molecule has 0 bridgehead atoms. The minimum atomic E-state index is -2.74. The third-order valence-corrected chi connectivity index (χ3v) is 5.85. The molecule has 0 fully saturated rings. The van der Waals surface area contributed by atoms with Crippen molar-refractivity contribution in [2.45, 2.75) is 43.7 Å². The van der Waals surface area contributed by atoms with E-state index in [2.05, 4.69) is 91.8 Å². The SMILES string of the molecule is CN(C)C(CCCc1ccc2ccccc2c1)c1ccccc1.O=C(O)CC(O)(CC(=O)O)C(=O)O. The Labute approximate surface area is 210 Å². The lowest BCUT2D eigenvalue weighted by Gasteiger charge is -2.24. The largest absolute Gasteiger partial charge is 0.481 e. The van der Waals surface area contributed by atoms with E-state index >= 15 is 0 Å². The number of carbonyl (C=O) groups is 3. The average molecular weight is 496 g/mol. The smallest absolute Gasteiger partial charge is 0.336 e. The molecule has 192 valence electrons. The normalized spacial score (nSPS) is 12.0. The third kappa shape index (κ3) is 8.79. The number of carboxylic acid groups (broad SMARTS) is 3. The topological polar surface area (TPSA) is 135 Å². The second-order valence-electron chi connectivity index (χ2n) is 8.94. The lowest BCUT2D eigenvalue weighted by molar-refractivity contribution is -0.170. The van der Waals surface area contributed by atoms with Gasteiger partial charge in [-0.25, -0.2) is 4.79 Å². The molecule has 0 saturated heterocycles. The summed E-state index contributed by atoms with van der Waals surface area (Å²) in [5.74, 6) is -5.02. The van der Waals surface area contributed by atoms with Crippen molar-refractivity contribution in [1.29, 1.82) is 0 Å². The fourth-order valence-corrected chi connectivity index (χ4v) is 4.01. The van der Waals surface area contributed by atoms with E-state index in [1.807, 2.05) is 0 Å². The summed E-state index contributed by atoms with van der Waals surface area (Å²) in [7, 11) is 4.35. The Balaban J connectivity index is 0.000000302. The summed E-state index contributed by atoms with van der Waals surface area (Å²) in [5.41, 5.74) is 0.114. The predicted molar refractivity (Wildman–Crippen MR) is 137 cm³/mol. The molecular weight excluding hydrogens is 462 g/mol. The van der Waals surface area contributed by atoms with E-state index in [0.29, 0.717) is 6.04 Å². The minimum Gasteiger partial charge on any atom is -0.481 e. The summed E-state index contributed by atoms with van der Waals surface area (Å²) in [6.45, 7) is 0. The van der Waals surface area contributed by atoms with Gasteiger partial charge in [-0.05, 0) is 55.3 Å². The molecule has 8 heteroatoms. The van der Waals surface area contributed by atoms with E-state index in [0.717, 1.165) is 6.42 Å². The number of benzene rings is 3. The third-order valence-electron chi connectivity index (χ3n) is 5.85. The van der Waals surface area contributed by atoms with Gasteiger partial charge in [-0.2, -0.15) is 0 Å². The number of hydrogen-bond acceptors (Lipinski definition) is 5. The van der Waals surface area contributed by atoms with E-state index < -0.39 is 36.4 Å². The van der Waals surface area contributed by atoms with Crippen molar-refractivity contribution in [2.24, 2.45) is 0 Å². The molecule has 0 aliphatic carbocycles. The first-order valence-electron chi connectivity index (χ1n) is 11.6. The van der Waals surface area contributed by atoms with Gasteiger partial charge in [-0.3, -0.25) is 9.59 Å². The Bertz CT molecular complexity index is 1140. The molecule has 4 N–H and O–H groups in total. The molecule has 1 atom stereocenters. The molecule has 0 aliphatic rings. The van der Waals surface area contributed by atoms with Crippen molar-refractivity contribution in [3.63, 3.8) is 0 Å². The lowest BCUT2D eigenvalue weighted by Crippen LogP contribution is -2.42. The van der Waals surface area contributed by atoms with Gasteiger partial charge in [-0.15, -0.1) is 0 Å². The van der Waals surface area contributed by atoms with Gasteiger partial charge < -0.3 is 25.3 Å². The predicted octanol–water partition coefficient (Wildman–Crippen LogP) is 4.22. The summed E-state index contributed by atoms with van der Waals surface area (Å²) >= 11 is 0. The van der Waals surface area contributed by atoms with Gasteiger partial charge >= 0.3 is 17.9 Å². The van der Waals surface area contributed by atoms with Gasteiger partial charge in [0.15, 0.2) is 5.60 Å². The van der Waals surface area contributed by atoms with Crippen LogP contribution >= 0.6 is 0 Å². The van der Waals surface area contributed by atoms with E-state index in [9.17, 15) is 14.4 Å². The highest BCUT2D eigenvalue weighted by Gasteiger charge is 2.40. The second kappa shape index (κ2) is 13.4. The molecule has 0 radical (unpaired) electrons. The molecule has 3 rings (SSSR count). The second-order valence-corrected chi connectivity index (χ2v) is 8.94. The van der Waals surface area contributed by atoms with E-state index in [1.54, 1.807) is 0 Å². The monoisotopic (exact) mass is 495 g/mol. The summed E-state index contributed by atoms with van der Waals surface area (Å²) in [6.07, 6.45) is 1.24. The number of nitrogens with zero attached hydrogens (tertiary/aromatic N) is 1.